The number of aromatic nitrogens is 2. The fourth-order valence-corrected chi connectivity index (χ4v) is 1.22. The molecule has 0 fully saturated rings. The molecule has 1 aromatic rings. The van der Waals surface area contributed by atoms with Gasteiger partial charge >= 0.3 is 0 Å². The molecule has 0 unspecified atom stereocenters. The molecule has 0 N–H and O–H groups in total. The van der Waals surface area contributed by atoms with Crippen LogP contribution in [0.5, 0.6) is 0 Å². The van der Waals surface area contributed by atoms with Gasteiger partial charge in [-0.1, -0.05) is 13.8 Å². The van der Waals surface area contributed by atoms with E-state index in [1.165, 1.54) is 4.68 Å². The summed E-state index contributed by atoms with van der Waals surface area (Å²) < 4.78 is 1.50. The van der Waals surface area contributed by atoms with Crippen LogP contribution in [0.25, 0.3) is 0 Å². The largest absolute Gasteiger partial charge is 0.268 e. The van der Waals surface area contributed by atoms with Gasteiger partial charge < -0.3 is 0 Å². The first-order valence-corrected chi connectivity index (χ1v) is 4.94. The van der Waals surface area contributed by atoms with Crippen LogP contribution in [0.15, 0.2) is 16.9 Å². The van der Waals surface area contributed by atoms with E-state index in [4.69, 9.17) is 0 Å². The van der Waals surface area contributed by atoms with Crippen molar-refractivity contribution in [1.82, 2.24) is 9.78 Å². The van der Waals surface area contributed by atoms with Crippen molar-refractivity contribution in [2.24, 2.45) is 5.92 Å². The minimum atomic E-state index is -0.0424. The lowest BCUT2D eigenvalue weighted by Crippen LogP contribution is -2.24. The van der Waals surface area contributed by atoms with Gasteiger partial charge in [-0.05, 0) is 12.0 Å². The lowest BCUT2D eigenvalue weighted by molar-refractivity contribution is 0.460. The van der Waals surface area contributed by atoms with Gasteiger partial charge in [-0.25, -0.2) is 4.68 Å². The molecule has 0 amide bonds. The minimum absolute atomic E-state index is 0.0424. The Hall–Kier alpha value is -0.770. The molecule has 0 spiro atoms. The molecule has 4 heteroatoms. The fraction of sp³-hybridized carbons (Fsp3) is 0.556. The number of nitrogens with zero attached hydrogens (tertiary/aromatic N) is 2. The molecular weight excluding hydrogens is 184 g/mol. The summed E-state index contributed by atoms with van der Waals surface area (Å²) in [4.78, 5) is 11.3. The van der Waals surface area contributed by atoms with Crippen LogP contribution < -0.4 is 5.56 Å². The first kappa shape index (κ1) is 10.3. The zero-order chi connectivity index (χ0) is 9.84. The molecule has 0 saturated heterocycles. The average Bonchev–Trinajstić information content (AvgIpc) is 2.08. The van der Waals surface area contributed by atoms with Crippen molar-refractivity contribution in [3.63, 3.8) is 0 Å². The van der Waals surface area contributed by atoms with Gasteiger partial charge in [0.2, 0.25) is 0 Å². The lowest BCUT2D eigenvalue weighted by Gasteiger charge is -2.07. The summed E-state index contributed by atoms with van der Waals surface area (Å²) in [7, 11) is 0. The smallest absolute Gasteiger partial charge is 0.266 e. The summed E-state index contributed by atoms with van der Waals surface area (Å²) in [6.45, 7) is 4.78. The molecule has 1 aromatic heterocycles. The Labute approximate surface area is 83.2 Å². The predicted molar refractivity (Wildman–Crippen MR) is 56.0 cm³/mol. The van der Waals surface area contributed by atoms with Crippen LogP contribution in [-0.2, 0) is 12.3 Å². The third-order valence-electron chi connectivity index (χ3n) is 1.62. The summed E-state index contributed by atoms with van der Waals surface area (Å²) >= 11 is 4.10. The van der Waals surface area contributed by atoms with Crippen molar-refractivity contribution in [2.45, 2.75) is 26.1 Å². The van der Waals surface area contributed by atoms with Crippen LogP contribution in [-0.4, -0.2) is 9.78 Å². The van der Waals surface area contributed by atoms with E-state index in [1.54, 1.807) is 12.1 Å². The second-order valence-electron chi connectivity index (χ2n) is 3.40. The van der Waals surface area contributed by atoms with Gasteiger partial charge in [0, 0.05) is 18.4 Å². The van der Waals surface area contributed by atoms with Crippen molar-refractivity contribution in [3.05, 3.63) is 28.2 Å². The Morgan fingerprint density at radius 2 is 2.23 bits per heavy atom. The zero-order valence-electron chi connectivity index (χ0n) is 7.90. The van der Waals surface area contributed by atoms with Gasteiger partial charge in [-0.3, -0.25) is 4.79 Å². The molecule has 13 heavy (non-hydrogen) atoms. The molecule has 72 valence electrons. The molecule has 0 bridgehead atoms. The van der Waals surface area contributed by atoms with Crippen molar-refractivity contribution in [2.75, 3.05) is 0 Å². The van der Waals surface area contributed by atoms with E-state index in [1.807, 2.05) is 0 Å². The summed E-state index contributed by atoms with van der Waals surface area (Å²) in [5.41, 5.74) is 0.794. The molecule has 1 rings (SSSR count). The molecule has 3 nitrogen and oxygen atoms in total. The van der Waals surface area contributed by atoms with E-state index in [-0.39, 0.29) is 5.56 Å². The highest BCUT2D eigenvalue weighted by atomic mass is 32.1. The second kappa shape index (κ2) is 4.46. The van der Waals surface area contributed by atoms with Gasteiger partial charge in [0.1, 0.15) is 0 Å². The van der Waals surface area contributed by atoms with Gasteiger partial charge in [0.05, 0.1) is 5.69 Å². The number of hydrogen-bond donors (Lipinski definition) is 1. The van der Waals surface area contributed by atoms with Crippen molar-refractivity contribution < 1.29 is 0 Å². The van der Waals surface area contributed by atoms with Crippen LogP contribution in [0.4, 0.5) is 0 Å². The molecular formula is C9H14N2OS. The van der Waals surface area contributed by atoms with Gasteiger partial charge in [-0.2, -0.15) is 17.7 Å². The zero-order valence-corrected chi connectivity index (χ0v) is 8.79. The maximum Gasteiger partial charge on any atom is 0.266 e. The van der Waals surface area contributed by atoms with Gasteiger partial charge in [-0.15, -0.1) is 0 Å². The second-order valence-corrected chi connectivity index (χ2v) is 3.71. The standard InChI is InChI=1S/C9H14N2OS/c1-7(2)5-11-9(12)4-3-8(6-13)10-11/h3-4,7,13H,5-6H2,1-2H3. The number of rotatable bonds is 3. The minimum Gasteiger partial charge on any atom is -0.268 e. The Morgan fingerprint density at radius 3 is 2.77 bits per heavy atom. The first-order chi connectivity index (χ1) is 6.13. The first-order valence-electron chi connectivity index (χ1n) is 4.31. The maximum atomic E-state index is 11.3. The van der Waals surface area contributed by atoms with Gasteiger partial charge in [0.25, 0.3) is 5.56 Å². The van der Waals surface area contributed by atoms with E-state index >= 15 is 0 Å². The van der Waals surface area contributed by atoms with Crippen LogP contribution in [0, 0.1) is 5.92 Å². The number of hydrogen-bond acceptors (Lipinski definition) is 3. The molecule has 0 aromatic carbocycles. The van der Waals surface area contributed by atoms with E-state index < -0.39 is 0 Å². The third-order valence-corrected chi connectivity index (χ3v) is 1.95. The van der Waals surface area contributed by atoms with E-state index in [9.17, 15) is 4.79 Å². The van der Waals surface area contributed by atoms with Crippen molar-refractivity contribution in [3.8, 4) is 0 Å². The average molecular weight is 198 g/mol. The van der Waals surface area contributed by atoms with Crippen molar-refractivity contribution in [1.29, 1.82) is 0 Å². The predicted octanol–water partition coefficient (Wildman–Crippen LogP) is 1.33. The van der Waals surface area contributed by atoms with Crippen molar-refractivity contribution >= 4 is 12.6 Å². The quantitative estimate of drug-likeness (QED) is 0.744. The van der Waals surface area contributed by atoms with Crippen LogP contribution in [0.2, 0.25) is 0 Å². The summed E-state index contributed by atoms with van der Waals surface area (Å²) in [6, 6.07) is 3.26. The molecule has 0 radical (unpaired) electrons. The highest BCUT2D eigenvalue weighted by Crippen LogP contribution is 1.98. The van der Waals surface area contributed by atoms with E-state index in [0.29, 0.717) is 18.2 Å². The summed E-state index contributed by atoms with van der Waals surface area (Å²) in [5, 5.41) is 4.16. The van der Waals surface area contributed by atoms with Crippen LogP contribution >= 0.6 is 12.6 Å². The van der Waals surface area contributed by atoms with Crippen LogP contribution in [0.3, 0.4) is 0 Å². The Kier molecular flexibility index (Phi) is 3.54. The molecule has 1 heterocycles. The van der Waals surface area contributed by atoms with E-state index in [0.717, 1.165) is 5.69 Å². The Morgan fingerprint density at radius 1 is 1.54 bits per heavy atom. The molecule has 0 aliphatic carbocycles. The highest BCUT2D eigenvalue weighted by Gasteiger charge is 2.01. The fourth-order valence-electron chi connectivity index (χ4n) is 1.05. The Bertz CT molecular complexity index is 333. The Balaban J connectivity index is 2.97. The van der Waals surface area contributed by atoms with Gasteiger partial charge in [0.15, 0.2) is 0 Å². The van der Waals surface area contributed by atoms with Crippen LogP contribution in [0.1, 0.15) is 19.5 Å². The highest BCUT2D eigenvalue weighted by molar-refractivity contribution is 7.79. The topological polar surface area (TPSA) is 34.9 Å². The summed E-state index contributed by atoms with van der Waals surface area (Å²) in [6.07, 6.45) is 0. The maximum absolute atomic E-state index is 11.3. The molecule has 0 aliphatic heterocycles. The molecule has 0 saturated carbocycles. The third kappa shape index (κ3) is 2.88. The monoisotopic (exact) mass is 198 g/mol. The summed E-state index contributed by atoms with van der Waals surface area (Å²) in [5.74, 6) is 0.999. The SMILES string of the molecule is CC(C)Cn1nc(CS)ccc1=O. The van der Waals surface area contributed by atoms with E-state index in [2.05, 4.69) is 31.6 Å². The number of thiol groups is 1. The lowest BCUT2D eigenvalue weighted by atomic mass is 10.2. The normalized spacial score (nSPS) is 10.8. The molecule has 0 atom stereocenters. The molecule has 0 aliphatic rings.